The van der Waals surface area contributed by atoms with Gasteiger partial charge in [-0.05, 0) is 42.8 Å². The largest absolute Gasteiger partial charge is 0.382 e. The van der Waals surface area contributed by atoms with Crippen LogP contribution in [0.3, 0.4) is 0 Å². The van der Waals surface area contributed by atoms with Gasteiger partial charge < -0.3 is 15.7 Å². The molecule has 3 heteroatoms. The normalized spacial score (nSPS) is 21.2. The molecule has 21 heavy (non-hydrogen) atoms. The van der Waals surface area contributed by atoms with Crippen molar-refractivity contribution in [3.63, 3.8) is 0 Å². The van der Waals surface area contributed by atoms with E-state index in [2.05, 4.69) is 25.7 Å². The van der Waals surface area contributed by atoms with Crippen molar-refractivity contribution in [2.75, 3.05) is 26.2 Å². The van der Waals surface area contributed by atoms with E-state index in [1.54, 1.807) is 0 Å². The molecule has 0 saturated carbocycles. The summed E-state index contributed by atoms with van der Waals surface area (Å²) in [5.74, 6) is 0.774. The first-order chi connectivity index (χ1) is 9.85. The van der Waals surface area contributed by atoms with E-state index in [0.717, 1.165) is 24.6 Å². The molecule has 1 fully saturated rings. The first-order valence-corrected chi connectivity index (χ1v) is 8.05. The maximum absolute atomic E-state index is 10.9. The third kappa shape index (κ3) is 4.06. The third-order valence-corrected chi connectivity index (χ3v) is 4.95. The van der Waals surface area contributed by atoms with Gasteiger partial charge >= 0.3 is 0 Å². The van der Waals surface area contributed by atoms with Crippen LogP contribution in [0.1, 0.15) is 39.2 Å². The third-order valence-electron chi connectivity index (χ3n) is 4.95. The zero-order chi connectivity index (χ0) is 15.5. The van der Waals surface area contributed by atoms with E-state index in [-0.39, 0.29) is 6.54 Å². The van der Waals surface area contributed by atoms with E-state index in [1.807, 2.05) is 30.3 Å². The van der Waals surface area contributed by atoms with E-state index < -0.39 is 5.60 Å². The fourth-order valence-corrected chi connectivity index (χ4v) is 3.35. The van der Waals surface area contributed by atoms with Crippen LogP contribution in [0.2, 0.25) is 0 Å². The van der Waals surface area contributed by atoms with E-state index >= 15 is 0 Å². The molecule has 1 aliphatic heterocycles. The first-order valence-electron chi connectivity index (χ1n) is 8.05. The molecule has 1 aliphatic rings. The lowest BCUT2D eigenvalue weighted by Crippen LogP contribution is -2.49. The van der Waals surface area contributed by atoms with E-state index in [4.69, 9.17) is 5.73 Å². The van der Waals surface area contributed by atoms with Gasteiger partial charge in [-0.2, -0.15) is 0 Å². The number of piperidine rings is 1. The number of nitrogens with two attached hydrogens (primary N) is 1. The molecule has 0 aliphatic carbocycles. The summed E-state index contributed by atoms with van der Waals surface area (Å²) in [6.07, 6.45) is 2.41. The minimum atomic E-state index is -0.935. The predicted octanol–water partition coefficient (Wildman–Crippen LogP) is 2.59. The summed E-state index contributed by atoms with van der Waals surface area (Å²) in [5, 5.41) is 10.9. The molecule has 3 nitrogen and oxygen atoms in total. The molecule has 0 radical (unpaired) electrons. The van der Waals surface area contributed by atoms with Crippen molar-refractivity contribution >= 4 is 0 Å². The standard InChI is InChI=1S/C18H30N2O/c1-17(2,3)15-9-11-20(12-10-15)14-18(21,13-19)16-7-5-4-6-8-16/h4-8,15,21H,9-14,19H2,1-3H3. The summed E-state index contributed by atoms with van der Waals surface area (Å²) in [7, 11) is 0. The van der Waals surface area contributed by atoms with Crippen molar-refractivity contribution < 1.29 is 5.11 Å². The van der Waals surface area contributed by atoms with Gasteiger partial charge in [-0.15, -0.1) is 0 Å². The second kappa shape index (κ2) is 6.47. The van der Waals surface area contributed by atoms with Gasteiger partial charge in [0.1, 0.15) is 5.60 Å². The fourth-order valence-electron chi connectivity index (χ4n) is 3.35. The topological polar surface area (TPSA) is 49.5 Å². The maximum atomic E-state index is 10.9. The highest BCUT2D eigenvalue weighted by Gasteiger charge is 2.34. The molecule has 1 saturated heterocycles. The summed E-state index contributed by atoms with van der Waals surface area (Å²) < 4.78 is 0. The van der Waals surface area contributed by atoms with Crippen LogP contribution < -0.4 is 5.73 Å². The number of aliphatic hydroxyl groups is 1. The van der Waals surface area contributed by atoms with E-state index in [0.29, 0.717) is 12.0 Å². The number of likely N-dealkylation sites (tertiary alicyclic amines) is 1. The van der Waals surface area contributed by atoms with Crippen LogP contribution in [0, 0.1) is 11.3 Å². The van der Waals surface area contributed by atoms with Gasteiger partial charge in [-0.3, -0.25) is 0 Å². The minimum absolute atomic E-state index is 0.260. The Balaban J connectivity index is 1.98. The monoisotopic (exact) mass is 290 g/mol. The molecule has 0 amide bonds. The van der Waals surface area contributed by atoms with Crippen molar-refractivity contribution in [2.24, 2.45) is 17.1 Å². The smallest absolute Gasteiger partial charge is 0.114 e. The maximum Gasteiger partial charge on any atom is 0.114 e. The molecule has 1 heterocycles. The molecule has 1 unspecified atom stereocenters. The Morgan fingerprint density at radius 3 is 2.19 bits per heavy atom. The Hall–Kier alpha value is -0.900. The molecular formula is C18H30N2O. The summed E-state index contributed by atoms with van der Waals surface area (Å²) in [4.78, 5) is 2.36. The summed E-state index contributed by atoms with van der Waals surface area (Å²) in [6.45, 7) is 9.98. The van der Waals surface area contributed by atoms with Crippen LogP contribution >= 0.6 is 0 Å². The number of hydrogen-bond acceptors (Lipinski definition) is 3. The average Bonchev–Trinajstić information content (AvgIpc) is 2.47. The van der Waals surface area contributed by atoms with Gasteiger partial charge in [0.15, 0.2) is 0 Å². The van der Waals surface area contributed by atoms with Crippen molar-refractivity contribution in [3.8, 4) is 0 Å². The number of β-amino-alcohol motifs (C(OH)–C–C–N with tert-alkyl or cyclic N) is 1. The predicted molar refractivity (Wildman–Crippen MR) is 88.0 cm³/mol. The highest BCUT2D eigenvalue weighted by Crippen LogP contribution is 2.35. The zero-order valence-electron chi connectivity index (χ0n) is 13.7. The quantitative estimate of drug-likeness (QED) is 0.896. The van der Waals surface area contributed by atoms with Crippen LogP contribution in [0.15, 0.2) is 30.3 Å². The summed E-state index contributed by atoms with van der Waals surface area (Å²) in [5.41, 5.74) is 6.25. The first kappa shape index (κ1) is 16.5. The Kier molecular flexibility index (Phi) is 5.07. The lowest BCUT2D eigenvalue weighted by molar-refractivity contribution is -0.00886. The molecular weight excluding hydrogens is 260 g/mol. The Labute approximate surface area is 129 Å². The molecule has 0 bridgehead atoms. The molecule has 1 aromatic carbocycles. The van der Waals surface area contributed by atoms with Gasteiger partial charge in [0.2, 0.25) is 0 Å². The molecule has 1 atom stereocenters. The average molecular weight is 290 g/mol. The van der Waals surface area contributed by atoms with Gasteiger partial charge in [-0.25, -0.2) is 0 Å². The lowest BCUT2D eigenvalue weighted by atomic mass is 9.75. The van der Waals surface area contributed by atoms with Gasteiger partial charge in [0.25, 0.3) is 0 Å². The fraction of sp³-hybridized carbons (Fsp3) is 0.667. The van der Waals surface area contributed by atoms with Crippen LogP contribution in [0.25, 0.3) is 0 Å². The SMILES string of the molecule is CC(C)(C)C1CCN(CC(O)(CN)c2ccccc2)CC1. The molecule has 1 aromatic rings. The molecule has 3 N–H and O–H groups in total. The van der Waals surface area contributed by atoms with Crippen LogP contribution in [-0.2, 0) is 5.60 Å². The molecule has 2 rings (SSSR count). The Bertz CT molecular complexity index is 432. The number of benzene rings is 1. The van der Waals surface area contributed by atoms with Gasteiger partial charge in [0.05, 0.1) is 0 Å². The Morgan fingerprint density at radius 2 is 1.71 bits per heavy atom. The van der Waals surface area contributed by atoms with Crippen molar-refractivity contribution in [1.82, 2.24) is 4.90 Å². The van der Waals surface area contributed by atoms with Crippen molar-refractivity contribution in [2.45, 2.75) is 39.2 Å². The molecule has 0 aromatic heterocycles. The summed E-state index contributed by atoms with van der Waals surface area (Å²) >= 11 is 0. The zero-order valence-corrected chi connectivity index (χ0v) is 13.7. The summed E-state index contributed by atoms with van der Waals surface area (Å²) in [6, 6.07) is 9.82. The van der Waals surface area contributed by atoms with Crippen molar-refractivity contribution in [1.29, 1.82) is 0 Å². The second-order valence-electron chi connectivity index (χ2n) is 7.52. The van der Waals surface area contributed by atoms with Gasteiger partial charge in [0, 0.05) is 13.1 Å². The van der Waals surface area contributed by atoms with Crippen molar-refractivity contribution in [3.05, 3.63) is 35.9 Å². The van der Waals surface area contributed by atoms with E-state index in [1.165, 1.54) is 12.8 Å². The van der Waals surface area contributed by atoms with Crippen LogP contribution in [0.5, 0.6) is 0 Å². The van der Waals surface area contributed by atoms with Crippen LogP contribution in [-0.4, -0.2) is 36.2 Å². The second-order valence-corrected chi connectivity index (χ2v) is 7.52. The molecule has 0 spiro atoms. The number of hydrogen-bond donors (Lipinski definition) is 2. The van der Waals surface area contributed by atoms with Crippen LogP contribution in [0.4, 0.5) is 0 Å². The minimum Gasteiger partial charge on any atom is -0.382 e. The van der Waals surface area contributed by atoms with E-state index in [9.17, 15) is 5.11 Å². The lowest BCUT2D eigenvalue weighted by Gasteiger charge is -2.41. The number of nitrogens with zero attached hydrogens (tertiary/aromatic N) is 1. The number of rotatable bonds is 4. The highest BCUT2D eigenvalue weighted by atomic mass is 16.3. The molecule has 118 valence electrons. The van der Waals surface area contributed by atoms with Gasteiger partial charge in [-0.1, -0.05) is 51.1 Å². The Morgan fingerprint density at radius 1 is 1.14 bits per heavy atom. The highest BCUT2D eigenvalue weighted by molar-refractivity contribution is 5.23.